The van der Waals surface area contributed by atoms with Crippen LogP contribution in [0.3, 0.4) is 0 Å². The molecule has 2 heterocycles. The minimum atomic E-state index is 0.0694. The molecule has 1 aliphatic heterocycles. The number of benzene rings is 1. The van der Waals surface area contributed by atoms with E-state index in [1.807, 2.05) is 29.2 Å². The molecule has 2 N–H and O–H groups in total. The van der Waals surface area contributed by atoms with Crippen molar-refractivity contribution in [1.29, 1.82) is 0 Å². The quantitative estimate of drug-likeness (QED) is 0.874. The molecule has 0 aliphatic carbocycles. The number of nitrogens with two attached hydrogens (primary N) is 1. The Bertz CT molecular complexity index is 673. The number of anilines is 1. The Kier molecular flexibility index (Phi) is 3.53. The molecule has 1 saturated heterocycles. The van der Waals surface area contributed by atoms with Crippen molar-refractivity contribution < 1.29 is 4.79 Å². The maximum absolute atomic E-state index is 13.0. The van der Waals surface area contributed by atoms with E-state index >= 15 is 0 Å². The molecule has 110 valence electrons. The summed E-state index contributed by atoms with van der Waals surface area (Å²) in [4.78, 5) is 19.3. The highest BCUT2D eigenvalue weighted by molar-refractivity contribution is 6.07. The molecular weight excluding hydrogens is 262 g/mol. The molecule has 1 aromatic heterocycles. The first-order valence-corrected chi connectivity index (χ1v) is 7.56. The summed E-state index contributed by atoms with van der Waals surface area (Å²) < 4.78 is 0. The number of aromatic nitrogens is 1. The molecule has 3 rings (SSSR count). The molecule has 0 saturated carbocycles. The van der Waals surface area contributed by atoms with E-state index in [0.29, 0.717) is 11.4 Å². The smallest absolute Gasteiger partial charge is 0.255 e. The van der Waals surface area contributed by atoms with Crippen molar-refractivity contribution in [3.05, 3.63) is 35.9 Å². The molecule has 4 nitrogen and oxygen atoms in total. The Morgan fingerprint density at radius 3 is 2.62 bits per heavy atom. The highest BCUT2D eigenvalue weighted by Crippen LogP contribution is 2.27. The van der Waals surface area contributed by atoms with Crippen molar-refractivity contribution in [3.63, 3.8) is 0 Å². The standard InChI is InChI=1S/C17H21N3O/c1-11-6-5-7-12(2)20(11)17(21)14-10-16(18)19-15-9-4-3-8-13(14)15/h3-4,8-12H,5-7H2,1-2H3,(H2,18,19)/t11-,12+. The van der Waals surface area contributed by atoms with Gasteiger partial charge in [-0.3, -0.25) is 4.79 Å². The Balaban J connectivity index is 2.09. The van der Waals surface area contributed by atoms with Crippen molar-refractivity contribution in [3.8, 4) is 0 Å². The molecule has 0 unspecified atom stereocenters. The van der Waals surface area contributed by atoms with E-state index in [4.69, 9.17) is 5.73 Å². The number of nitrogen functional groups attached to an aromatic ring is 1. The molecule has 4 heteroatoms. The third kappa shape index (κ3) is 2.46. The molecule has 1 aliphatic rings. The normalized spacial score (nSPS) is 22.5. The van der Waals surface area contributed by atoms with E-state index in [1.165, 1.54) is 6.42 Å². The first-order chi connectivity index (χ1) is 10.1. The summed E-state index contributed by atoms with van der Waals surface area (Å²) in [5.41, 5.74) is 7.32. The van der Waals surface area contributed by atoms with Gasteiger partial charge in [-0.2, -0.15) is 0 Å². The van der Waals surface area contributed by atoms with Crippen LogP contribution in [-0.2, 0) is 0 Å². The van der Waals surface area contributed by atoms with Crippen LogP contribution in [0.25, 0.3) is 10.9 Å². The van der Waals surface area contributed by atoms with Gasteiger partial charge >= 0.3 is 0 Å². The minimum Gasteiger partial charge on any atom is -0.384 e. The first-order valence-electron chi connectivity index (χ1n) is 7.56. The number of para-hydroxylation sites is 1. The summed E-state index contributed by atoms with van der Waals surface area (Å²) in [6, 6.07) is 9.93. The number of carbonyl (C=O) groups excluding carboxylic acids is 1. The number of piperidine rings is 1. The van der Waals surface area contributed by atoms with Gasteiger partial charge in [0.05, 0.1) is 11.1 Å². The molecule has 1 amide bonds. The molecule has 2 atom stereocenters. The lowest BCUT2D eigenvalue weighted by Gasteiger charge is -2.39. The van der Waals surface area contributed by atoms with Crippen LogP contribution >= 0.6 is 0 Å². The molecule has 0 bridgehead atoms. The molecule has 1 aromatic carbocycles. The Morgan fingerprint density at radius 1 is 1.24 bits per heavy atom. The van der Waals surface area contributed by atoms with Crippen molar-refractivity contribution in [1.82, 2.24) is 9.88 Å². The molecule has 0 spiro atoms. The second kappa shape index (κ2) is 5.35. The zero-order valence-electron chi connectivity index (χ0n) is 12.5. The lowest BCUT2D eigenvalue weighted by atomic mass is 9.95. The third-order valence-electron chi connectivity index (χ3n) is 4.39. The van der Waals surface area contributed by atoms with Gasteiger partial charge in [-0.05, 0) is 45.2 Å². The van der Waals surface area contributed by atoms with E-state index in [9.17, 15) is 4.79 Å². The van der Waals surface area contributed by atoms with Crippen molar-refractivity contribution in [2.24, 2.45) is 0 Å². The number of pyridine rings is 1. The first kappa shape index (κ1) is 13.9. The zero-order valence-corrected chi connectivity index (χ0v) is 12.5. The summed E-state index contributed by atoms with van der Waals surface area (Å²) in [5.74, 6) is 0.467. The van der Waals surface area contributed by atoms with Gasteiger partial charge in [0.2, 0.25) is 0 Å². The lowest BCUT2D eigenvalue weighted by Crippen LogP contribution is -2.47. The summed E-state index contributed by atoms with van der Waals surface area (Å²) in [6.07, 6.45) is 3.31. The minimum absolute atomic E-state index is 0.0694. The monoisotopic (exact) mass is 283 g/mol. The molecule has 2 aromatic rings. The van der Waals surface area contributed by atoms with Crippen LogP contribution in [0.2, 0.25) is 0 Å². The van der Waals surface area contributed by atoms with Crippen molar-refractivity contribution >= 4 is 22.6 Å². The van der Waals surface area contributed by atoms with Gasteiger partial charge in [-0.25, -0.2) is 4.98 Å². The van der Waals surface area contributed by atoms with E-state index in [0.717, 1.165) is 23.7 Å². The number of hydrogen-bond acceptors (Lipinski definition) is 3. The maximum atomic E-state index is 13.0. The fourth-order valence-corrected chi connectivity index (χ4v) is 3.33. The SMILES string of the molecule is C[C@@H]1CCC[C@H](C)N1C(=O)c1cc(N)nc2ccccc12. The predicted octanol–water partition coefficient (Wildman–Crippen LogP) is 3.22. The molecule has 1 fully saturated rings. The third-order valence-corrected chi connectivity index (χ3v) is 4.39. The number of likely N-dealkylation sites (tertiary alicyclic amines) is 1. The number of fused-ring (bicyclic) bond motifs is 1. The summed E-state index contributed by atoms with van der Waals surface area (Å²) in [6.45, 7) is 4.25. The fraction of sp³-hybridized carbons (Fsp3) is 0.412. The number of rotatable bonds is 1. The van der Waals surface area contributed by atoms with Crippen molar-refractivity contribution in [2.75, 3.05) is 5.73 Å². The average Bonchev–Trinajstić information content (AvgIpc) is 2.46. The Hall–Kier alpha value is -2.10. The lowest BCUT2D eigenvalue weighted by molar-refractivity contribution is 0.0513. The molecular formula is C17H21N3O. The van der Waals surface area contributed by atoms with Crippen LogP contribution in [0.15, 0.2) is 30.3 Å². The van der Waals surface area contributed by atoms with Gasteiger partial charge in [0, 0.05) is 17.5 Å². The molecule has 21 heavy (non-hydrogen) atoms. The average molecular weight is 283 g/mol. The van der Waals surface area contributed by atoms with Gasteiger partial charge in [0.1, 0.15) is 5.82 Å². The highest BCUT2D eigenvalue weighted by atomic mass is 16.2. The van der Waals surface area contributed by atoms with Gasteiger partial charge in [-0.1, -0.05) is 18.2 Å². The Labute approximate surface area is 125 Å². The fourth-order valence-electron chi connectivity index (χ4n) is 3.33. The number of amides is 1. The van der Waals surface area contributed by atoms with Crippen LogP contribution in [0, 0.1) is 0 Å². The molecule has 0 radical (unpaired) electrons. The summed E-state index contributed by atoms with van der Waals surface area (Å²) in [7, 11) is 0. The number of nitrogens with zero attached hydrogens (tertiary/aromatic N) is 2. The number of carbonyl (C=O) groups is 1. The maximum Gasteiger partial charge on any atom is 0.255 e. The van der Waals surface area contributed by atoms with Crippen LogP contribution < -0.4 is 5.73 Å². The van der Waals surface area contributed by atoms with E-state index < -0.39 is 0 Å². The second-order valence-corrected chi connectivity index (χ2v) is 5.95. The Morgan fingerprint density at radius 2 is 1.90 bits per heavy atom. The van der Waals surface area contributed by atoms with Gasteiger partial charge < -0.3 is 10.6 Å². The second-order valence-electron chi connectivity index (χ2n) is 5.95. The van der Waals surface area contributed by atoms with Gasteiger partial charge in [0.15, 0.2) is 0 Å². The van der Waals surface area contributed by atoms with Crippen LogP contribution in [0.5, 0.6) is 0 Å². The zero-order chi connectivity index (χ0) is 15.0. The summed E-state index contributed by atoms with van der Waals surface area (Å²) in [5, 5.41) is 0.877. The van der Waals surface area contributed by atoms with Crippen LogP contribution in [0.1, 0.15) is 43.5 Å². The van der Waals surface area contributed by atoms with E-state index in [1.54, 1.807) is 6.07 Å². The van der Waals surface area contributed by atoms with Gasteiger partial charge in [0.25, 0.3) is 5.91 Å². The van der Waals surface area contributed by atoms with Gasteiger partial charge in [-0.15, -0.1) is 0 Å². The highest BCUT2D eigenvalue weighted by Gasteiger charge is 2.30. The van der Waals surface area contributed by atoms with Crippen LogP contribution in [0.4, 0.5) is 5.82 Å². The number of hydrogen-bond donors (Lipinski definition) is 1. The van der Waals surface area contributed by atoms with Crippen LogP contribution in [-0.4, -0.2) is 27.9 Å². The van der Waals surface area contributed by atoms with E-state index in [-0.39, 0.29) is 18.0 Å². The summed E-state index contributed by atoms with van der Waals surface area (Å²) >= 11 is 0. The predicted molar refractivity (Wildman–Crippen MR) is 85.1 cm³/mol. The van der Waals surface area contributed by atoms with Crippen molar-refractivity contribution in [2.45, 2.75) is 45.2 Å². The largest absolute Gasteiger partial charge is 0.384 e. The van der Waals surface area contributed by atoms with E-state index in [2.05, 4.69) is 18.8 Å². The topological polar surface area (TPSA) is 59.2 Å².